The van der Waals surface area contributed by atoms with E-state index in [1.807, 2.05) is 0 Å². The summed E-state index contributed by atoms with van der Waals surface area (Å²) in [6, 6.07) is 0. The van der Waals surface area contributed by atoms with Crippen molar-refractivity contribution in [1.82, 2.24) is 0 Å². The maximum Gasteiger partial charge on any atom is 0.0607 e. The topological polar surface area (TPSA) is 65.2 Å². The van der Waals surface area contributed by atoms with Gasteiger partial charge in [0.1, 0.15) is 0 Å². The maximum absolute atomic E-state index is 8.96. The lowest BCUT2D eigenvalue weighted by molar-refractivity contribution is 0.149. The zero-order valence-corrected chi connectivity index (χ0v) is 8.63. The standard InChI is InChI=1S/C11H16N2O2/c14-12-9-4-3-8-7-2-1-6(11(8)9)5-10(7)13-15/h6-8,11,14-15H,1-5H2. The van der Waals surface area contributed by atoms with Crippen LogP contribution < -0.4 is 0 Å². The van der Waals surface area contributed by atoms with Gasteiger partial charge in [-0.15, -0.1) is 0 Å². The van der Waals surface area contributed by atoms with E-state index in [1.165, 1.54) is 6.42 Å². The number of hydrogen-bond donors (Lipinski definition) is 2. The SMILES string of the molecule is ON=C1CC2CCC1C1CCC(=NO)C21. The monoisotopic (exact) mass is 208 g/mol. The van der Waals surface area contributed by atoms with Crippen molar-refractivity contribution in [3.8, 4) is 0 Å². The summed E-state index contributed by atoms with van der Waals surface area (Å²) in [4.78, 5) is 0. The predicted octanol–water partition coefficient (Wildman–Crippen LogP) is 2.10. The van der Waals surface area contributed by atoms with Gasteiger partial charge in [0.05, 0.1) is 11.4 Å². The van der Waals surface area contributed by atoms with E-state index in [-0.39, 0.29) is 0 Å². The third-order valence-electron chi connectivity index (χ3n) is 4.61. The van der Waals surface area contributed by atoms with Crippen LogP contribution in [0.4, 0.5) is 0 Å². The predicted molar refractivity (Wildman–Crippen MR) is 55.5 cm³/mol. The van der Waals surface area contributed by atoms with Crippen LogP contribution in [0.2, 0.25) is 0 Å². The van der Waals surface area contributed by atoms with E-state index in [1.54, 1.807) is 0 Å². The van der Waals surface area contributed by atoms with E-state index >= 15 is 0 Å². The molecule has 0 aliphatic heterocycles. The van der Waals surface area contributed by atoms with Crippen LogP contribution in [-0.2, 0) is 0 Å². The summed E-state index contributed by atoms with van der Waals surface area (Å²) in [6.45, 7) is 0. The number of hydrogen-bond acceptors (Lipinski definition) is 4. The summed E-state index contributed by atoms with van der Waals surface area (Å²) in [7, 11) is 0. The molecular formula is C11H16N2O2. The number of fused-ring (bicyclic) bond motifs is 2. The minimum atomic E-state index is 0.448. The van der Waals surface area contributed by atoms with Gasteiger partial charge in [-0.25, -0.2) is 0 Å². The molecule has 82 valence electrons. The van der Waals surface area contributed by atoms with Gasteiger partial charge >= 0.3 is 0 Å². The molecule has 4 saturated carbocycles. The molecule has 2 N–H and O–H groups in total. The van der Waals surface area contributed by atoms with Gasteiger partial charge in [-0.3, -0.25) is 0 Å². The highest BCUT2D eigenvalue weighted by atomic mass is 16.4. The van der Waals surface area contributed by atoms with Crippen molar-refractivity contribution >= 4 is 11.4 Å². The molecule has 0 saturated heterocycles. The van der Waals surface area contributed by atoms with Crippen LogP contribution in [0.1, 0.15) is 32.1 Å². The maximum atomic E-state index is 8.96. The average molecular weight is 208 g/mol. The fourth-order valence-electron chi connectivity index (χ4n) is 4.06. The summed E-state index contributed by atoms with van der Waals surface area (Å²) < 4.78 is 0. The van der Waals surface area contributed by atoms with E-state index in [9.17, 15) is 0 Å². The minimum Gasteiger partial charge on any atom is -0.411 e. The Bertz CT molecular complexity index is 331. The molecule has 4 heteroatoms. The second-order valence-electron chi connectivity index (χ2n) is 5.06. The zero-order chi connectivity index (χ0) is 10.4. The van der Waals surface area contributed by atoms with Crippen LogP contribution in [-0.4, -0.2) is 21.8 Å². The molecule has 4 nitrogen and oxygen atoms in total. The quantitative estimate of drug-likeness (QED) is 0.473. The molecule has 0 amide bonds. The van der Waals surface area contributed by atoms with Crippen molar-refractivity contribution in [2.24, 2.45) is 34.0 Å². The molecule has 4 rings (SSSR count). The number of rotatable bonds is 0. The summed E-state index contributed by atoms with van der Waals surface area (Å²) in [5.74, 6) is 2.05. The molecule has 15 heavy (non-hydrogen) atoms. The summed E-state index contributed by atoms with van der Waals surface area (Å²) in [5, 5.41) is 24.8. The molecule has 0 aromatic rings. The average Bonchev–Trinajstić information content (AvgIpc) is 2.74. The smallest absolute Gasteiger partial charge is 0.0607 e. The van der Waals surface area contributed by atoms with Gasteiger partial charge < -0.3 is 10.4 Å². The second-order valence-corrected chi connectivity index (χ2v) is 5.06. The van der Waals surface area contributed by atoms with Gasteiger partial charge in [0.2, 0.25) is 0 Å². The normalized spacial score (nSPS) is 48.8. The van der Waals surface area contributed by atoms with E-state index in [4.69, 9.17) is 10.4 Å². The van der Waals surface area contributed by atoms with Crippen LogP contribution in [0, 0.1) is 23.7 Å². The van der Waals surface area contributed by atoms with Gasteiger partial charge in [-0.05, 0) is 43.9 Å². The third-order valence-corrected chi connectivity index (χ3v) is 4.61. The Hall–Kier alpha value is -1.06. The van der Waals surface area contributed by atoms with Gasteiger partial charge in [0.15, 0.2) is 0 Å². The highest BCUT2D eigenvalue weighted by molar-refractivity contribution is 5.95. The lowest BCUT2D eigenvalue weighted by Gasteiger charge is -2.45. The van der Waals surface area contributed by atoms with Crippen LogP contribution >= 0.6 is 0 Å². The van der Waals surface area contributed by atoms with E-state index < -0.39 is 0 Å². The number of oxime groups is 2. The Morgan fingerprint density at radius 3 is 2.53 bits per heavy atom. The highest BCUT2D eigenvalue weighted by Crippen LogP contribution is 2.53. The molecular weight excluding hydrogens is 192 g/mol. The molecule has 0 radical (unpaired) electrons. The molecule has 0 aromatic carbocycles. The van der Waals surface area contributed by atoms with Crippen LogP contribution in [0.25, 0.3) is 0 Å². The Balaban J connectivity index is 1.96. The molecule has 0 aromatic heterocycles. The van der Waals surface area contributed by atoms with Crippen LogP contribution in [0.5, 0.6) is 0 Å². The van der Waals surface area contributed by atoms with Gasteiger partial charge in [0, 0.05) is 11.8 Å². The third kappa shape index (κ3) is 1.13. The van der Waals surface area contributed by atoms with Crippen molar-refractivity contribution in [2.75, 3.05) is 0 Å². The fourth-order valence-corrected chi connectivity index (χ4v) is 4.06. The van der Waals surface area contributed by atoms with Crippen LogP contribution in [0.3, 0.4) is 0 Å². The van der Waals surface area contributed by atoms with Gasteiger partial charge in [-0.1, -0.05) is 10.3 Å². The van der Waals surface area contributed by atoms with Crippen molar-refractivity contribution in [3.05, 3.63) is 0 Å². The number of nitrogens with zero attached hydrogens (tertiary/aromatic N) is 2. The van der Waals surface area contributed by atoms with Crippen molar-refractivity contribution in [1.29, 1.82) is 0 Å². The molecule has 4 aliphatic carbocycles. The lowest BCUT2D eigenvalue weighted by Crippen LogP contribution is -2.45. The zero-order valence-electron chi connectivity index (χ0n) is 8.63. The van der Waals surface area contributed by atoms with E-state index in [2.05, 4.69) is 10.3 Å². The van der Waals surface area contributed by atoms with E-state index in [0.29, 0.717) is 23.7 Å². The molecule has 0 spiro atoms. The minimum absolute atomic E-state index is 0.448. The summed E-state index contributed by atoms with van der Waals surface area (Å²) in [5.41, 5.74) is 1.98. The van der Waals surface area contributed by atoms with Crippen molar-refractivity contribution in [2.45, 2.75) is 32.1 Å². The summed E-state index contributed by atoms with van der Waals surface area (Å²) in [6.07, 6.45) is 5.29. The molecule has 2 bridgehead atoms. The van der Waals surface area contributed by atoms with E-state index in [0.717, 1.165) is 37.1 Å². The van der Waals surface area contributed by atoms with Crippen molar-refractivity contribution < 1.29 is 10.4 Å². The molecule has 4 fully saturated rings. The van der Waals surface area contributed by atoms with Gasteiger partial charge in [-0.2, -0.15) is 0 Å². The van der Waals surface area contributed by atoms with Crippen LogP contribution in [0.15, 0.2) is 10.3 Å². The molecule has 4 unspecified atom stereocenters. The Morgan fingerprint density at radius 1 is 1.00 bits per heavy atom. The first-order chi connectivity index (χ1) is 7.35. The summed E-state index contributed by atoms with van der Waals surface area (Å²) >= 11 is 0. The first kappa shape index (κ1) is 9.19. The molecule has 4 atom stereocenters. The lowest BCUT2D eigenvalue weighted by atomic mass is 9.59. The molecule has 4 aliphatic rings. The molecule has 0 heterocycles. The first-order valence-corrected chi connectivity index (χ1v) is 5.76. The first-order valence-electron chi connectivity index (χ1n) is 5.76. The van der Waals surface area contributed by atoms with Crippen molar-refractivity contribution in [3.63, 3.8) is 0 Å². The Kier molecular flexibility index (Phi) is 1.97. The second kappa shape index (κ2) is 3.22. The fraction of sp³-hybridized carbons (Fsp3) is 0.818. The largest absolute Gasteiger partial charge is 0.411 e. The highest BCUT2D eigenvalue weighted by Gasteiger charge is 2.51. The Labute approximate surface area is 88.7 Å². The Morgan fingerprint density at radius 2 is 1.80 bits per heavy atom. The van der Waals surface area contributed by atoms with Gasteiger partial charge in [0.25, 0.3) is 0 Å².